The van der Waals surface area contributed by atoms with Crippen molar-refractivity contribution in [1.29, 1.82) is 0 Å². The number of carbonyl (C=O) groups excluding carboxylic acids is 1. The Balaban J connectivity index is 1.65. The molecular formula is C20H18ClN5O5. The minimum atomic E-state index is -1.07. The molecule has 3 heterocycles. The standard InChI is InChI=1S/C20H18ClN5O5/c1-2-14(19(28)29)26-8-7-25(20(26)30)13-5-3-12(4-6-13)24-9-10-31-17-15(18(24)27)16(21)22-11-23-17/h3-8,11,14H,2,9-10H2,1H3,(H,28,29). The number of imidazole rings is 1. The molecule has 0 saturated heterocycles. The normalized spacial score (nSPS) is 14.5. The van der Waals surface area contributed by atoms with Gasteiger partial charge in [0, 0.05) is 18.1 Å². The fourth-order valence-corrected chi connectivity index (χ4v) is 3.67. The van der Waals surface area contributed by atoms with E-state index in [0.717, 1.165) is 0 Å². The minimum absolute atomic E-state index is 0.00956. The van der Waals surface area contributed by atoms with Crippen molar-refractivity contribution in [1.82, 2.24) is 19.1 Å². The first-order valence-corrected chi connectivity index (χ1v) is 9.88. The van der Waals surface area contributed by atoms with Crippen LogP contribution in [0.4, 0.5) is 5.69 Å². The highest BCUT2D eigenvalue weighted by atomic mass is 35.5. The number of nitrogens with zero attached hydrogens (tertiary/aromatic N) is 5. The summed E-state index contributed by atoms with van der Waals surface area (Å²) in [6.45, 7) is 2.20. The number of carboxylic acid groups (broad SMARTS) is 1. The van der Waals surface area contributed by atoms with Gasteiger partial charge in [0.1, 0.15) is 29.7 Å². The summed E-state index contributed by atoms with van der Waals surface area (Å²) < 4.78 is 8.06. The molecule has 3 aromatic rings. The molecule has 0 fully saturated rings. The Bertz CT molecular complexity index is 1200. The molecule has 4 rings (SSSR count). The second kappa shape index (κ2) is 8.23. The van der Waals surface area contributed by atoms with Crippen molar-refractivity contribution >= 4 is 29.2 Å². The topological polar surface area (TPSA) is 120 Å². The van der Waals surface area contributed by atoms with Crippen molar-refractivity contribution in [2.75, 3.05) is 18.1 Å². The highest BCUT2D eigenvalue weighted by molar-refractivity contribution is 6.33. The van der Waals surface area contributed by atoms with Crippen LogP contribution in [0.25, 0.3) is 5.69 Å². The fourth-order valence-electron chi connectivity index (χ4n) is 3.46. The Morgan fingerprint density at radius 3 is 2.58 bits per heavy atom. The van der Waals surface area contributed by atoms with Gasteiger partial charge in [-0.1, -0.05) is 18.5 Å². The van der Waals surface area contributed by atoms with Crippen molar-refractivity contribution in [3.63, 3.8) is 0 Å². The number of aromatic nitrogens is 4. The molecule has 31 heavy (non-hydrogen) atoms. The van der Waals surface area contributed by atoms with E-state index in [1.165, 1.54) is 32.8 Å². The van der Waals surface area contributed by atoms with E-state index in [1.54, 1.807) is 31.2 Å². The zero-order valence-corrected chi connectivity index (χ0v) is 17.2. The van der Waals surface area contributed by atoms with Gasteiger partial charge in [-0.3, -0.25) is 13.9 Å². The number of carboxylic acids is 1. The molecule has 0 bridgehead atoms. The van der Waals surface area contributed by atoms with Crippen LogP contribution in [0.3, 0.4) is 0 Å². The molecule has 0 saturated carbocycles. The van der Waals surface area contributed by atoms with E-state index in [-0.39, 0.29) is 42.1 Å². The van der Waals surface area contributed by atoms with Crippen LogP contribution < -0.4 is 15.3 Å². The number of fused-ring (bicyclic) bond motifs is 1. The van der Waals surface area contributed by atoms with E-state index in [4.69, 9.17) is 16.3 Å². The average molecular weight is 444 g/mol. The van der Waals surface area contributed by atoms with Gasteiger partial charge in [0.25, 0.3) is 5.91 Å². The number of hydrogen-bond donors (Lipinski definition) is 1. The number of rotatable bonds is 5. The van der Waals surface area contributed by atoms with E-state index in [9.17, 15) is 19.5 Å². The molecule has 2 aromatic heterocycles. The van der Waals surface area contributed by atoms with E-state index < -0.39 is 17.7 Å². The highest BCUT2D eigenvalue weighted by Gasteiger charge is 2.29. The molecule has 1 aromatic carbocycles. The SMILES string of the molecule is CCC(C(=O)O)n1ccn(-c2ccc(N3CCOc4ncnc(Cl)c4C3=O)cc2)c1=O. The lowest BCUT2D eigenvalue weighted by Gasteiger charge is -2.20. The third-order valence-electron chi connectivity index (χ3n) is 5.03. The number of ether oxygens (including phenoxy) is 1. The van der Waals surface area contributed by atoms with E-state index >= 15 is 0 Å². The second-order valence-corrected chi connectivity index (χ2v) is 7.14. The van der Waals surface area contributed by atoms with Gasteiger partial charge >= 0.3 is 11.7 Å². The lowest BCUT2D eigenvalue weighted by Crippen LogP contribution is -2.32. The Hall–Kier alpha value is -3.66. The fraction of sp³-hybridized carbons (Fsp3) is 0.250. The summed E-state index contributed by atoms with van der Waals surface area (Å²) in [6, 6.07) is 5.79. The van der Waals surface area contributed by atoms with Crippen molar-refractivity contribution in [2.45, 2.75) is 19.4 Å². The van der Waals surface area contributed by atoms with E-state index in [0.29, 0.717) is 11.4 Å². The number of anilines is 1. The minimum Gasteiger partial charge on any atom is -0.480 e. The van der Waals surface area contributed by atoms with Crippen LogP contribution in [0, 0.1) is 0 Å². The number of aliphatic carboxylic acids is 1. The van der Waals surface area contributed by atoms with Crippen molar-refractivity contribution in [3.05, 3.63) is 64.2 Å². The van der Waals surface area contributed by atoms with Gasteiger partial charge < -0.3 is 14.7 Å². The van der Waals surface area contributed by atoms with Gasteiger partial charge in [-0.05, 0) is 30.7 Å². The Morgan fingerprint density at radius 1 is 1.19 bits per heavy atom. The molecule has 160 valence electrons. The van der Waals surface area contributed by atoms with Gasteiger partial charge in [0.05, 0.1) is 12.2 Å². The lowest BCUT2D eigenvalue weighted by atomic mass is 10.2. The smallest absolute Gasteiger partial charge is 0.333 e. The Labute approximate surface area is 181 Å². The molecule has 1 unspecified atom stereocenters. The first-order valence-electron chi connectivity index (χ1n) is 9.50. The zero-order chi connectivity index (χ0) is 22.1. The maximum atomic E-state index is 13.0. The first kappa shape index (κ1) is 20.6. The molecule has 10 nitrogen and oxygen atoms in total. The first-order chi connectivity index (χ1) is 14.9. The highest BCUT2D eigenvalue weighted by Crippen LogP contribution is 2.29. The number of benzene rings is 1. The summed E-state index contributed by atoms with van der Waals surface area (Å²) in [4.78, 5) is 46.4. The average Bonchev–Trinajstić information content (AvgIpc) is 3.03. The molecule has 0 aliphatic carbocycles. The van der Waals surface area contributed by atoms with Crippen LogP contribution >= 0.6 is 11.6 Å². The Morgan fingerprint density at radius 2 is 1.90 bits per heavy atom. The Kier molecular flexibility index (Phi) is 5.47. The molecule has 1 N–H and O–H groups in total. The maximum Gasteiger partial charge on any atom is 0.333 e. The quantitative estimate of drug-likeness (QED) is 0.600. The third kappa shape index (κ3) is 3.66. The summed E-state index contributed by atoms with van der Waals surface area (Å²) in [6.07, 6.45) is 4.48. The van der Waals surface area contributed by atoms with Crippen LogP contribution in [-0.2, 0) is 4.79 Å². The van der Waals surface area contributed by atoms with Gasteiger partial charge in [0.15, 0.2) is 0 Å². The summed E-state index contributed by atoms with van der Waals surface area (Å²) in [5, 5.41) is 9.32. The monoisotopic (exact) mass is 443 g/mol. The van der Waals surface area contributed by atoms with Crippen LogP contribution in [0.2, 0.25) is 5.15 Å². The van der Waals surface area contributed by atoms with Gasteiger partial charge in [-0.2, -0.15) is 0 Å². The summed E-state index contributed by atoms with van der Waals surface area (Å²) in [5.41, 5.74) is 0.750. The predicted octanol–water partition coefficient (Wildman–Crippen LogP) is 2.16. The second-order valence-electron chi connectivity index (χ2n) is 6.79. The van der Waals surface area contributed by atoms with Crippen molar-refractivity contribution < 1.29 is 19.4 Å². The summed E-state index contributed by atoms with van der Waals surface area (Å²) >= 11 is 6.09. The van der Waals surface area contributed by atoms with E-state index in [1.807, 2.05) is 0 Å². The van der Waals surface area contributed by atoms with Crippen molar-refractivity contribution in [3.8, 4) is 11.6 Å². The van der Waals surface area contributed by atoms with Crippen molar-refractivity contribution in [2.24, 2.45) is 0 Å². The molecule has 0 spiro atoms. The van der Waals surface area contributed by atoms with Crippen LogP contribution in [0.1, 0.15) is 29.7 Å². The van der Waals surface area contributed by atoms with Crippen LogP contribution in [-0.4, -0.2) is 49.2 Å². The van der Waals surface area contributed by atoms with Crippen LogP contribution in [0.5, 0.6) is 5.88 Å². The third-order valence-corrected chi connectivity index (χ3v) is 5.32. The summed E-state index contributed by atoms with van der Waals surface area (Å²) in [5.74, 6) is -1.31. The lowest BCUT2D eigenvalue weighted by molar-refractivity contribution is -0.141. The molecular weight excluding hydrogens is 426 g/mol. The van der Waals surface area contributed by atoms with Gasteiger partial charge in [-0.15, -0.1) is 0 Å². The number of amides is 1. The van der Waals surface area contributed by atoms with Crippen LogP contribution in [0.15, 0.2) is 47.8 Å². The number of halogens is 1. The number of hydrogen-bond acceptors (Lipinski definition) is 6. The molecule has 11 heteroatoms. The molecule has 1 aliphatic heterocycles. The maximum absolute atomic E-state index is 13.0. The number of carbonyl (C=O) groups is 2. The molecule has 1 aliphatic rings. The molecule has 1 atom stereocenters. The molecule has 1 amide bonds. The van der Waals surface area contributed by atoms with Gasteiger partial charge in [-0.25, -0.2) is 19.6 Å². The predicted molar refractivity (Wildman–Crippen MR) is 111 cm³/mol. The zero-order valence-electron chi connectivity index (χ0n) is 16.4. The largest absolute Gasteiger partial charge is 0.480 e. The summed E-state index contributed by atoms with van der Waals surface area (Å²) in [7, 11) is 0. The van der Waals surface area contributed by atoms with E-state index in [2.05, 4.69) is 9.97 Å². The van der Waals surface area contributed by atoms with Gasteiger partial charge in [0.2, 0.25) is 5.88 Å². The molecule has 0 radical (unpaired) electrons.